The normalized spacial score (nSPS) is 36.7. The average Bonchev–Trinajstić information content (AvgIpc) is 2.75. The summed E-state index contributed by atoms with van der Waals surface area (Å²) in [6, 6.07) is 1.55. The van der Waals surface area contributed by atoms with Crippen LogP contribution in [0.1, 0.15) is 39.0 Å². The van der Waals surface area contributed by atoms with Gasteiger partial charge in [0.1, 0.15) is 0 Å². The van der Waals surface area contributed by atoms with Crippen LogP contribution >= 0.6 is 0 Å². The SMILES string of the molecule is CCCNCC1(C[Si](C)(C)C)CC2CCC1C2. The van der Waals surface area contributed by atoms with Crippen LogP contribution in [0.25, 0.3) is 0 Å². The highest BCUT2D eigenvalue weighted by atomic mass is 28.3. The summed E-state index contributed by atoms with van der Waals surface area (Å²) in [7, 11) is -0.932. The molecule has 2 rings (SSSR count). The minimum Gasteiger partial charge on any atom is -0.316 e. The van der Waals surface area contributed by atoms with Crippen molar-refractivity contribution in [3.8, 4) is 0 Å². The molecule has 2 fully saturated rings. The van der Waals surface area contributed by atoms with E-state index in [0.29, 0.717) is 5.41 Å². The lowest BCUT2D eigenvalue weighted by atomic mass is 9.74. The number of fused-ring (bicyclic) bond motifs is 2. The van der Waals surface area contributed by atoms with Crippen LogP contribution < -0.4 is 5.32 Å². The van der Waals surface area contributed by atoms with E-state index < -0.39 is 8.07 Å². The van der Waals surface area contributed by atoms with E-state index in [2.05, 4.69) is 31.9 Å². The fourth-order valence-electron chi connectivity index (χ4n) is 4.62. The van der Waals surface area contributed by atoms with Gasteiger partial charge in [0.25, 0.3) is 0 Å². The molecule has 2 aliphatic rings. The summed E-state index contributed by atoms with van der Waals surface area (Å²) in [5.74, 6) is 2.14. The van der Waals surface area contributed by atoms with Gasteiger partial charge in [-0.2, -0.15) is 0 Å². The largest absolute Gasteiger partial charge is 0.316 e. The summed E-state index contributed by atoms with van der Waals surface area (Å²) >= 11 is 0. The highest BCUT2D eigenvalue weighted by Crippen LogP contribution is 2.58. The topological polar surface area (TPSA) is 12.0 Å². The quantitative estimate of drug-likeness (QED) is 0.554. The number of rotatable bonds is 6. The van der Waals surface area contributed by atoms with Crippen LogP contribution in [0.5, 0.6) is 0 Å². The van der Waals surface area contributed by atoms with E-state index in [1.807, 2.05) is 0 Å². The van der Waals surface area contributed by atoms with Crippen molar-refractivity contribution in [3.05, 3.63) is 0 Å². The first-order valence-electron chi connectivity index (χ1n) is 7.66. The van der Waals surface area contributed by atoms with E-state index in [1.54, 1.807) is 18.9 Å². The Morgan fingerprint density at radius 3 is 2.47 bits per heavy atom. The lowest BCUT2D eigenvalue weighted by Gasteiger charge is -2.42. The molecule has 0 aromatic heterocycles. The minimum absolute atomic E-state index is 0.697. The summed E-state index contributed by atoms with van der Waals surface area (Å²) in [6.45, 7) is 12.5. The molecule has 2 aliphatic carbocycles. The Balaban J connectivity index is 2.02. The third-order valence-electron chi connectivity index (χ3n) is 4.89. The molecule has 0 saturated heterocycles. The second-order valence-electron chi connectivity index (χ2n) is 7.86. The lowest BCUT2D eigenvalue weighted by Crippen LogP contribution is -2.43. The van der Waals surface area contributed by atoms with Gasteiger partial charge >= 0.3 is 0 Å². The van der Waals surface area contributed by atoms with Crippen LogP contribution in [-0.4, -0.2) is 21.2 Å². The predicted molar refractivity (Wildman–Crippen MR) is 79.2 cm³/mol. The molecule has 1 N–H and O–H groups in total. The Bertz CT molecular complexity index is 258. The zero-order valence-corrected chi connectivity index (χ0v) is 13.3. The van der Waals surface area contributed by atoms with Crippen LogP contribution in [0.3, 0.4) is 0 Å². The van der Waals surface area contributed by atoms with E-state index in [0.717, 1.165) is 11.8 Å². The zero-order chi connectivity index (χ0) is 12.5. The third kappa shape index (κ3) is 3.14. The van der Waals surface area contributed by atoms with Gasteiger partial charge < -0.3 is 5.32 Å². The minimum atomic E-state index is -0.932. The first kappa shape index (κ1) is 13.6. The monoisotopic (exact) mass is 253 g/mol. The Morgan fingerprint density at radius 2 is 2.00 bits per heavy atom. The number of nitrogens with one attached hydrogen (secondary N) is 1. The Kier molecular flexibility index (Phi) is 4.04. The fourth-order valence-corrected chi connectivity index (χ4v) is 7.29. The van der Waals surface area contributed by atoms with Gasteiger partial charge in [-0.15, -0.1) is 0 Å². The van der Waals surface area contributed by atoms with Crippen LogP contribution in [0.15, 0.2) is 0 Å². The molecule has 0 radical (unpaired) electrons. The molecule has 100 valence electrons. The van der Waals surface area contributed by atoms with Crippen molar-refractivity contribution < 1.29 is 0 Å². The maximum Gasteiger partial charge on any atom is 0.0448 e. The zero-order valence-electron chi connectivity index (χ0n) is 12.3. The molecule has 3 unspecified atom stereocenters. The summed E-state index contributed by atoms with van der Waals surface area (Å²) in [4.78, 5) is 0. The standard InChI is InChI=1S/C15H31NSi/c1-5-8-16-11-15(12-17(2,3)4)10-13-6-7-14(15)9-13/h13-14,16H,5-12H2,1-4H3. The Hall–Kier alpha value is 0.177. The lowest BCUT2D eigenvalue weighted by molar-refractivity contribution is 0.181. The van der Waals surface area contributed by atoms with E-state index >= 15 is 0 Å². The van der Waals surface area contributed by atoms with Crippen LogP contribution in [0.4, 0.5) is 0 Å². The number of hydrogen-bond acceptors (Lipinski definition) is 1. The van der Waals surface area contributed by atoms with Gasteiger partial charge in [-0.3, -0.25) is 0 Å². The van der Waals surface area contributed by atoms with E-state index in [-0.39, 0.29) is 0 Å². The molecule has 0 aromatic rings. The highest BCUT2D eigenvalue weighted by Gasteiger charge is 2.51. The molecule has 2 bridgehead atoms. The summed E-state index contributed by atoms with van der Waals surface area (Å²) < 4.78 is 0. The van der Waals surface area contributed by atoms with Gasteiger partial charge in [-0.05, 0) is 49.5 Å². The van der Waals surface area contributed by atoms with Crippen LogP contribution in [0, 0.1) is 17.3 Å². The van der Waals surface area contributed by atoms with E-state index in [1.165, 1.54) is 32.4 Å². The van der Waals surface area contributed by atoms with Gasteiger partial charge in [-0.25, -0.2) is 0 Å². The number of hydrogen-bond donors (Lipinski definition) is 1. The van der Waals surface area contributed by atoms with Gasteiger partial charge in [-0.1, -0.05) is 39.0 Å². The maximum atomic E-state index is 3.75. The molecule has 0 spiro atoms. The van der Waals surface area contributed by atoms with Crippen molar-refractivity contribution in [1.82, 2.24) is 5.32 Å². The van der Waals surface area contributed by atoms with E-state index in [4.69, 9.17) is 0 Å². The molecule has 2 saturated carbocycles. The van der Waals surface area contributed by atoms with Crippen molar-refractivity contribution in [2.75, 3.05) is 13.1 Å². The smallest absolute Gasteiger partial charge is 0.0448 e. The average molecular weight is 254 g/mol. The second-order valence-corrected chi connectivity index (χ2v) is 13.3. The fraction of sp³-hybridized carbons (Fsp3) is 1.00. The summed E-state index contributed by atoms with van der Waals surface area (Å²) in [5, 5.41) is 3.75. The maximum absolute atomic E-state index is 3.75. The predicted octanol–water partition coefficient (Wildman–Crippen LogP) is 4.13. The first-order valence-corrected chi connectivity index (χ1v) is 11.4. The highest BCUT2D eigenvalue weighted by molar-refractivity contribution is 6.76. The second kappa shape index (κ2) is 5.04. The van der Waals surface area contributed by atoms with Gasteiger partial charge in [0.15, 0.2) is 0 Å². The first-order chi connectivity index (χ1) is 7.95. The molecular formula is C15H31NSi. The molecule has 0 heterocycles. The third-order valence-corrected chi connectivity index (χ3v) is 6.65. The molecular weight excluding hydrogens is 222 g/mol. The molecule has 0 aromatic carbocycles. The van der Waals surface area contributed by atoms with Gasteiger partial charge in [0.05, 0.1) is 0 Å². The summed E-state index contributed by atoms with van der Waals surface area (Å²) in [5.41, 5.74) is 0.697. The van der Waals surface area contributed by atoms with Crippen LogP contribution in [0.2, 0.25) is 25.7 Å². The van der Waals surface area contributed by atoms with Crippen molar-refractivity contribution in [2.24, 2.45) is 17.3 Å². The van der Waals surface area contributed by atoms with Crippen molar-refractivity contribution in [3.63, 3.8) is 0 Å². The van der Waals surface area contributed by atoms with Crippen molar-refractivity contribution >= 4 is 8.07 Å². The van der Waals surface area contributed by atoms with Crippen molar-refractivity contribution in [1.29, 1.82) is 0 Å². The molecule has 17 heavy (non-hydrogen) atoms. The molecule has 1 nitrogen and oxygen atoms in total. The molecule has 3 atom stereocenters. The van der Waals surface area contributed by atoms with Gasteiger partial charge in [0, 0.05) is 14.6 Å². The Labute approximate surface area is 109 Å². The van der Waals surface area contributed by atoms with Crippen molar-refractivity contribution in [2.45, 2.75) is 64.7 Å². The molecule has 0 aliphatic heterocycles. The van der Waals surface area contributed by atoms with Gasteiger partial charge in [0.2, 0.25) is 0 Å². The van der Waals surface area contributed by atoms with Crippen LogP contribution in [-0.2, 0) is 0 Å². The molecule has 2 heteroatoms. The summed E-state index contributed by atoms with van der Waals surface area (Å²) in [6.07, 6.45) is 7.43. The molecule has 0 amide bonds. The van der Waals surface area contributed by atoms with E-state index in [9.17, 15) is 0 Å². The Morgan fingerprint density at radius 1 is 1.24 bits per heavy atom.